The number of rotatable bonds is 1. The van der Waals surface area contributed by atoms with Gasteiger partial charge in [0.2, 0.25) is 0 Å². The minimum absolute atomic E-state index is 1.02. The summed E-state index contributed by atoms with van der Waals surface area (Å²) in [6.45, 7) is 0. The van der Waals surface area contributed by atoms with E-state index in [9.17, 15) is 0 Å². The average molecular weight is 388 g/mol. The standard InChI is InChI=1S/C27H17NS/c1-2-8-19-17(7-1)13-18-14-25-23(15-22(18)19)20-9-3-5-11-24(20)28(25)26-16-29-27-12-6-4-10-21(26)27/h1-12,14-16H,13H2. The van der Waals surface area contributed by atoms with Crippen molar-refractivity contribution in [2.45, 2.75) is 6.42 Å². The van der Waals surface area contributed by atoms with Crippen LogP contribution in [0.5, 0.6) is 0 Å². The van der Waals surface area contributed by atoms with Crippen LogP contribution < -0.4 is 0 Å². The van der Waals surface area contributed by atoms with E-state index in [2.05, 4.69) is 94.9 Å². The van der Waals surface area contributed by atoms with Crippen molar-refractivity contribution in [1.29, 1.82) is 0 Å². The highest BCUT2D eigenvalue weighted by molar-refractivity contribution is 7.17. The number of benzene rings is 4. The van der Waals surface area contributed by atoms with Crippen molar-refractivity contribution < 1.29 is 0 Å². The summed E-state index contributed by atoms with van der Waals surface area (Å²) in [5.41, 5.74) is 9.53. The zero-order valence-corrected chi connectivity index (χ0v) is 16.5. The molecule has 7 rings (SSSR count). The number of fused-ring (bicyclic) bond motifs is 7. The maximum absolute atomic E-state index is 2.47. The summed E-state index contributed by atoms with van der Waals surface area (Å²) in [5.74, 6) is 0. The average Bonchev–Trinajstić information content (AvgIpc) is 3.43. The predicted molar refractivity (Wildman–Crippen MR) is 124 cm³/mol. The van der Waals surface area contributed by atoms with E-state index in [1.165, 1.54) is 59.8 Å². The van der Waals surface area contributed by atoms with Gasteiger partial charge in [-0.2, -0.15) is 0 Å². The second-order valence-corrected chi connectivity index (χ2v) is 8.74. The second-order valence-electron chi connectivity index (χ2n) is 7.83. The van der Waals surface area contributed by atoms with E-state index in [-0.39, 0.29) is 0 Å². The Morgan fingerprint density at radius 2 is 1.41 bits per heavy atom. The third-order valence-corrected chi connectivity index (χ3v) is 7.24. The quantitative estimate of drug-likeness (QED) is 0.274. The molecule has 1 aliphatic rings. The molecule has 0 saturated heterocycles. The Bertz CT molecular complexity index is 1580. The van der Waals surface area contributed by atoms with E-state index in [0.29, 0.717) is 0 Å². The minimum Gasteiger partial charge on any atom is -0.308 e. The van der Waals surface area contributed by atoms with Crippen molar-refractivity contribution >= 4 is 43.2 Å². The Morgan fingerprint density at radius 3 is 2.38 bits per heavy atom. The molecule has 2 heteroatoms. The molecular weight excluding hydrogens is 370 g/mol. The van der Waals surface area contributed by atoms with Crippen LogP contribution in [0.3, 0.4) is 0 Å². The number of hydrogen-bond donors (Lipinski definition) is 0. The molecule has 0 atom stereocenters. The lowest BCUT2D eigenvalue weighted by Gasteiger charge is -2.08. The Hall–Kier alpha value is -3.36. The smallest absolute Gasteiger partial charge is 0.0647 e. The normalized spacial score (nSPS) is 12.7. The molecule has 1 nitrogen and oxygen atoms in total. The van der Waals surface area contributed by atoms with E-state index in [4.69, 9.17) is 0 Å². The predicted octanol–water partition coefficient (Wildman–Crippen LogP) is 7.57. The molecule has 0 radical (unpaired) electrons. The molecule has 2 aromatic heterocycles. The number of hydrogen-bond acceptors (Lipinski definition) is 1. The van der Waals surface area contributed by atoms with Crippen LogP contribution in [-0.4, -0.2) is 4.57 Å². The lowest BCUT2D eigenvalue weighted by atomic mass is 10.0. The summed E-state index contributed by atoms with van der Waals surface area (Å²) >= 11 is 1.82. The van der Waals surface area contributed by atoms with Crippen LogP contribution >= 0.6 is 11.3 Å². The van der Waals surface area contributed by atoms with E-state index in [0.717, 1.165) is 6.42 Å². The van der Waals surface area contributed by atoms with Crippen molar-refractivity contribution in [2.24, 2.45) is 0 Å². The third-order valence-electron chi connectivity index (χ3n) is 6.29. The highest BCUT2D eigenvalue weighted by Gasteiger charge is 2.22. The molecule has 29 heavy (non-hydrogen) atoms. The van der Waals surface area contributed by atoms with E-state index in [1.807, 2.05) is 11.3 Å². The first-order valence-electron chi connectivity index (χ1n) is 9.99. The highest BCUT2D eigenvalue weighted by Crippen LogP contribution is 2.43. The van der Waals surface area contributed by atoms with Gasteiger partial charge in [-0.15, -0.1) is 11.3 Å². The van der Waals surface area contributed by atoms with Gasteiger partial charge in [-0.05, 0) is 52.9 Å². The Balaban J connectivity index is 1.63. The second kappa shape index (κ2) is 5.59. The van der Waals surface area contributed by atoms with Crippen molar-refractivity contribution in [3.63, 3.8) is 0 Å². The first kappa shape index (κ1) is 15.5. The van der Waals surface area contributed by atoms with Gasteiger partial charge in [0, 0.05) is 26.2 Å². The van der Waals surface area contributed by atoms with Crippen LogP contribution in [0.1, 0.15) is 11.1 Å². The molecule has 2 heterocycles. The SMILES string of the molecule is c1ccc2c(c1)Cc1cc3c(cc1-2)c1ccccc1n3-c1csc2ccccc12. The molecule has 0 amide bonds. The number of aromatic nitrogens is 1. The number of thiophene rings is 1. The molecule has 0 unspecified atom stereocenters. The molecule has 0 N–H and O–H groups in total. The van der Waals surface area contributed by atoms with Crippen molar-refractivity contribution in [1.82, 2.24) is 4.57 Å². The fraction of sp³-hybridized carbons (Fsp3) is 0.0370. The monoisotopic (exact) mass is 387 g/mol. The molecule has 0 bridgehead atoms. The zero-order valence-electron chi connectivity index (χ0n) is 15.7. The summed E-state index contributed by atoms with van der Waals surface area (Å²) in [6, 6.07) is 31.2. The molecular formula is C27H17NS. The highest BCUT2D eigenvalue weighted by atomic mass is 32.1. The Kier molecular flexibility index (Phi) is 3.00. The van der Waals surface area contributed by atoms with E-state index in [1.54, 1.807) is 0 Å². The van der Waals surface area contributed by atoms with Gasteiger partial charge in [-0.3, -0.25) is 0 Å². The lowest BCUT2D eigenvalue weighted by Crippen LogP contribution is -1.93. The summed E-state index contributed by atoms with van der Waals surface area (Å²) < 4.78 is 3.80. The maximum Gasteiger partial charge on any atom is 0.0647 e. The zero-order chi connectivity index (χ0) is 18.9. The fourth-order valence-corrected chi connectivity index (χ4v) is 5.92. The first-order valence-corrected chi connectivity index (χ1v) is 10.9. The molecule has 0 spiro atoms. The van der Waals surface area contributed by atoms with Gasteiger partial charge in [0.15, 0.2) is 0 Å². The minimum atomic E-state index is 1.02. The van der Waals surface area contributed by atoms with E-state index < -0.39 is 0 Å². The molecule has 0 saturated carbocycles. The van der Waals surface area contributed by atoms with Gasteiger partial charge in [0.25, 0.3) is 0 Å². The lowest BCUT2D eigenvalue weighted by molar-refractivity contribution is 1.20. The van der Waals surface area contributed by atoms with Crippen LogP contribution in [0.4, 0.5) is 0 Å². The molecule has 1 aliphatic carbocycles. The van der Waals surface area contributed by atoms with Crippen molar-refractivity contribution in [3.8, 4) is 16.8 Å². The third kappa shape index (κ3) is 2.04. The summed E-state index contributed by atoms with van der Waals surface area (Å²) in [4.78, 5) is 0. The summed E-state index contributed by atoms with van der Waals surface area (Å²) in [6.07, 6.45) is 1.02. The van der Waals surface area contributed by atoms with Gasteiger partial charge in [-0.1, -0.05) is 60.7 Å². The van der Waals surface area contributed by atoms with Gasteiger partial charge in [0.05, 0.1) is 16.7 Å². The van der Waals surface area contributed by atoms with Crippen molar-refractivity contribution in [2.75, 3.05) is 0 Å². The van der Waals surface area contributed by atoms with Crippen LogP contribution in [-0.2, 0) is 6.42 Å². The van der Waals surface area contributed by atoms with E-state index >= 15 is 0 Å². The summed E-state index contributed by atoms with van der Waals surface area (Å²) in [7, 11) is 0. The number of para-hydroxylation sites is 1. The molecule has 6 aromatic rings. The first-order chi connectivity index (χ1) is 14.4. The van der Waals surface area contributed by atoms with Crippen LogP contribution in [0.25, 0.3) is 48.7 Å². The maximum atomic E-state index is 2.47. The van der Waals surface area contributed by atoms with Gasteiger partial charge in [0.1, 0.15) is 0 Å². The van der Waals surface area contributed by atoms with Crippen LogP contribution in [0.2, 0.25) is 0 Å². The molecule has 0 fully saturated rings. The Morgan fingerprint density at radius 1 is 0.621 bits per heavy atom. The molecule has 136 valence electrons. The Labute approximate surface area is 172 Å². The fourth-order valence-electron chi connectivity index (χ4n) is 4.99. The topological polar surface area (TPSA) is 4.93 Å². The number of nitrogens with zero attached hydrogens (tertiary/aromatic N) is 1. The molecule has 0 aliphatic heterocycles. The summed E-state index contributed by atoms with van der Waals surface area (Å²) in [5, 5.41) is 6.29. The van der Waals surface area contributed by atoms with Gasteiger partial charge < -0.3 is 4.57 Å². The van der Waals surface area contributed by atoms with Crippen molar-refractivity contribution in [3.05, 3.63) is 101 Å². The largest absolute Gasteiger partial charge is 0.308 e. The molecule has 4 aromatic carbocycles. The van der Waals surface area contributed by atoms with Gasteiger partial charge in [-0.25, -0.2) is 0 Å². The van der Waals surface area contributed by atoms with Gasteiger partial charge >= 0.3 is 0 Å². The van der Waals surface area contributed by atoms with Crippen LogP contribution in [0.15, 0.2) is 90.3 Å². The van der Waals surface area contributed by atoms with Crippen LogP contribution in [0, 0.1) is 0 Å².